The highest BCUT2D eigenvalue weighted by Crippen LogP contribution is 2.13. The van der Waals surface area contributed by atoms with Gasteiger partial charge in [-0.25, -0.2) is 13.8 Å². The molecule has 0 fully saturated rings. The Balaban J connectivity index is 1.96. The Kier molecular flexibility index (Phi) is 5.67. The van der Waals surface area contributed by atoms with Crippen molar-refractivity contribution in [2.45, 2.75) is 4.90 Å². The lowest BCUT2D eigenvalue weighted by Crippen LogP contribution is -2.36. The highest BCUT2D eigenvalue weighted by Gasteiger charge is 2.22. The molecule has 1 amide bonds. The van der Waals surface area contributed by atoms with Crippen LogP contribution >= 0.6 is 0 Å². The number of phenols is 1. The smallest absolute Gasteiger partial charge is 0.255 e. The zero-order valence-corrected chi connectivity index (χ0v) is 13.8. The maximum Gasteiger partial charge on any atom is 0.255 e. The van der Waals surface area contributed by atoms with Crippen molar-refractivity contribution in [1.82, 2.24) is 9.73 Å². The molecule has 2 N–H and O–H groups in total. The van der Waals surface area contributed by atoms with Crippen LogP contribution in [-0.4, -0.2) is 43.5 Å². The molecule has 0 saturated heterocycles. The number of hydrogen-bond donors (Lipinski definition) is 2. The van der Waals surface area contributed by atoms with E-state index >= 15 is 0 Å². The van der Waals surface area contributed by atoms with Crippen LogP contribution in [0.3, 0.4) is 0 Å². The van der Waals surface area contributed by atoms with Gasteiger partial charge in [-0.05, 0) is 24.3 Å². The molecule has 0 bridgehead atoms. The van der Waals surface area contributed by atoms with E-state index in [9.17, 15) is 18.3 Å². The lowest BCUT2D eigenvalue weighted by Gasteiger charge is -2.15. The summed E-state index contributed by atoms with van der Waals surface area (Å²) in [5.41, 5.74) is 2.66. The van der Waals surface area contributed by atoms with Gasteiger partial charge < -0.3 is 5.11 Å². The first-order chi connectivity index (χ1) is 11.4. The predicted octanol–water partition coefficient (Wildman–Crippen LogP) is 1.16. The third kappa shape index (κ3) is 4.40. The van der Waals surface area contributed by atoms with Gasteiger partial charge >= 0.3 is 0 Å². The van der Waals surface area contributed by atoms with Gasteiger partial charge in [0.25, 0.3) is 5.91 Å². The molecule has 0 aliphatic heterocycles. The molecule has 24 heavy (non-hydrogen) atoms. The summed E-state index contributed by atoms with van der Waals surface area (Å²) in [4.78, 5) is 11.9. The van der Waals surface area contributed by atoms with Crippen LogP contribution in [0.4, 0.5) is 0 Å². The Labute approximate surface area is 140 Å². The lowest BCUT2D eigenvalue weighted by atomic mass is 10.2. The van der Waals surface area contributed by atoms with Crippen molar-refractivity contribution in [2.24, 2.45) is 5.10 Å². The average Bonchev–Trinajstić information content (AvgIpc) is 2.57. The average molecular weight is 347 g/mol. The van der Waals surface area contributed by atoms with Crippen molar-refractivity contribution >= 4 is 22.1 Å². The third-order valence-corrected chi connectivity index (χ3v) is 4.96. The molecule has 0 unspecified atom stereocenters. The number of carbonyl (C=O) groups is 1. The number of likely N-dealkylation sites (N-methyl/N-ethyl adjacent to an activating group) is 1. The first kappa shape index (κ1) is 17.6. The minimum absolute atomic E-state index is 0.0271. The molecule has 7 nitrogen and oxygen atoms in total. The van der Waals surface area contributed by atoms with Gasteiger partial charge in [0.05, 0.1) is 17.7 Å². The van der Waals surface area contributed by atoms with Crippen molar-refractivity contribution in [1.29, 1.82) is 0 Å². The quantitative estimate of drug-likeness (QED) is 0.605. The summed E-state index contributed by atoms with van der Waals surface area (Å²) < 4.78 is 25.5. The second-order valence-electron chi connectivity index (χ2n) is 4.93. The molecule has 2 aromatic rings. The predicted molar refractivity (Wildman–Crippen MR) is 90.1 cm³/mol. The first-order valence-electron chi connectivity index (χ1n) is 7.02. The number of nitrogens with zero attached hydrogens (tertiary/aromatic N) is 2. The van der Waals surface area contributed by atoms with E-state index in [0.29, 0.717) is 5.56 Å². The number of carbonyl (C=O) groups excluding carboxylic acids is 1. The Morgan fingerprint density at radius 1 is 1.17 bits per heavy atom. The normalized spacial score (nSPS) is 11.8. The van der Waals surface area contributed by atoms with Crippen LogP contribution < -0.4 is 5.43 Å². The van der Waals surface area contributed by atoms with Crippen LogP contribution in [0.1, 0.15) is 5.56 Å². The second kappa shape index (κ2) is 7.71. The number of aromatic hydroxyl groups is 1. The molecule has 0 atom stereocenters. The Hall–Kier alpha value is -2.71. The fourth-order valence-electron chi connectivity index (χ4n) is 1.87. The Bertz CT molecular complexity index is 835. The summed E-state index contributed by atoms with van der Waals surface area (Å²) in [6.07, 6.45) is 1.28. The maximum atomic E-state index is 12.3. The number of sulfonamides is 1. The number of amides is 1. The van der Waals surface area contributed by atoms with Gasteiger partial charge in [-0.1, -0.05) is 30.3 Å². The largest absolute Gasteiger partial charge is 0.507 e. The minimum atomic E-state index is -3.74. The first-order valence-corrected chi connectivity index (χ1v) is 8.46. The van der Waals surface area contributed by atoms with Crippen LogP contribution in [0.5, 0.6) is 5.75 Å². The third-order valence-electron chi connectivity index (χ3n) is 3.15. The molecular formula is C16H17N3O4S. The van der Waals surface area contributed by atoms with Crippen LogP contribution in [0, 0.1) is 0 Å². The van der Waals surface area contributed by atoms with E-state index in [1.54, 1.807) is 36.4 Å². The van der Waals surface area contributed by atoms with Gasteiger partial charge in [-0.3, -0.25) is 4.79 Å². The van der Waals surface area contributed by atoms with Gasteiger partial charge in [0, 0.05) is 12.6 Å². The standard InChI is InChI=1S/C16H17N3O4S/c1-19(24(22,23)14-8-3-2-4-9-14)12-16(21)18-17-11-13-7-5-6-10-15(13)20/h2-11,20H,12H2,1H3,(H,18,21)/b17-11-. The van der Waals surface area contributed by atoms with E-state index in [-0.39, 0.29) is 17.2 Å². The van der Waals surface area contributed by atoms with Gasteiger partial charge in [0.2, 0.25) is 10.0 Å². The number of para-hydroxylation sites is 1. The fourth-order valence-corrected chi connectivity index (χ4v) is 3.01. The molecule has 0 spiro atoms. The molecule has 0 saturated carbocycles. The van der Waals surface area contributed by atoms with Gasteiger partial charge in [0.15, 0.2) is 0 Å². The van der Waals surface area contributed by atoms with E-state index in [0.717, 1.165) is 4.31 Å². The summed E-state index contributed by atoms with van der Waals surface area (Å²) in [6.45, 7) is -0.380. The number of benzene rings is 2. The molecule has 126 valence electrons. The molecule has 0 aliphatic rings. The summed E-state index contributed by atoms with van der Waals surface area (Å²) in [6, 6.07) is 14.3. The van der Waals surface area contributed by atoms with Crippen LogP contribution in [-0.2, 0) is 14.8 Å². The zero-order chi connectivity index (χ0) is 17.6. The highest BCUT2D eigenvalue weighted by molar-refractivity contribution is 7.89. The molecule has 0 aliphatic carbocycles. The fraction of sp³-hybridized carbons (Fsp3) is 0.125. The van der Waals surface area contributed by atoms with Crippen LogP contribution in [0.25, 0.3) is 0 Å². The maximum absolute atomic E-state index is 12.3. The minimum Gasteiger partial charge on any atom is -0.507 e. The summed E-state index contributed by atoms with van der Waals surface area (Å²) >= 11 is 0. The number of hydrazone groups is 1. The van der Waals surface area contributed by atoms with Crippen LogP contribution in [0.2, 0.25) is 0 Å². The van der Waals surface area contributed by atoms with Crippen molar-refractivity contribution in [2.75, 3.05) is 13.6 Å². The molecular weight excluding hydrogens is 330 g/mol. The lowest BCUT2D eigenvalue weighted by molar-refractivity contribution is -0.121. The van der Waals surface area contributed by atoms with Crippen molar-refractivity contribution in [3.05, 3.63) is 60.2 Å². The highest BCUT2D eigenvalue weighted by atomic mass is 32.2. The van der Waals surface area contributed by atoms with Crippen molar-refractivity contribution < 1.29 is 18.3 Å². The van der Waals surface area contributed by atoms with E-state index in [1.165, 1.54) is 31.5 Å². The summed E-state index contributed by atoms with van der Waals surface area (Å²) in [5, 5.41) is 13.3. The van der Waals surface area contributed by atoms with Gasteiger partial charge in [-0.2, -0.15) is 9.41 Å². The SMILES string of the molecule is CN(CC(=O)N/N=C\c1ccccc1O)S(=O)(=O)c1ccccc1. The Morgan fingerprint density at radius 3 is 2.46 bits per heavy atom. The Morgan fingerprint density at radius 2 is 1.79 bits per heavy atom. The van der Waals surface area contributed by atoms with E-state index in [2.05, 4.69) is 10.5 Å². The number of hydrogen-bond acceptors (Lipinski definition) is 5. The number of nitrogens with one attached hydrogen (secondary N) is 1. The number of rotatable bonds is 6. The zero-order valence-electron chi connectivity index (χ0n) is 13.0. The van der Waals surface area contributed by atoms with Crippen LogP contribution in [0.15, 0.2) is 64.6 Å². The van der Waals surface area contributed by atoms with Crippen molar-refractivity contribution in [3.63, 3.8) is 0 Å². The molecule has 0 heterocycles. The van der Waals surface area contributed by atoms with Gasteiger partial charge in [-0.15, -0.1) is 0 Å². The van der Waals surface area contributed by atoms with Gasteiger partial charge in [0.1, 0.15) is 5.75 Å². The molecule has 0 aromatic heterocycles. The molecule has 0 radical (unpaired) electrons. The monoisotopic (exact) mass is 347 g/mol. The molecule has 2 aromatic carbocycles. The van der Waals surface area contributed by atoms with Crippen molar-refractivity contribution in [3.8, 4) is 5.75 Å². The second-order valence-corrected chi connectivity index (χ2v) is 6.97. The van der Waals surface area contributed by atoms with E-state index < -0.39 is 15.9 Å². The summed E-state index contributed by atoms with van der Waals surface area (Å²) in [7, 11) is -2.42. The summed E-state index contributed by atoms with van der Waals surface area (Å²) in [5.74, 6) is -0.567. The van der Waals surface area contributed by atoms with E-state index in [1.807, 2.05) is 0 Å². The van der Waals surface area contributed by atoms with E-state index in [4.69, 9.17) is 0 Å². The molecule has 2 rings (SSSR count). The topological polar surface area (TPSA) is 99.1 Å². The number of phenolic OH excluding ortho intramolecular Hbond substituents is 1. The molecule has 8 heteroatoms.